The van der Waals surface area contributed by atoms with Crippen molar-refractivity contribution in [3.8, 4) is 0 Å². The van der Waals surface area contributed by atoms with Crippen LogP contribution in [0.2, 0.25) is 0 Å². The van der Waals surface area contributed by atoms with Gasteiger partial charge in [0, 0.05) is 9.99 Å². The summed E-state index contributed by atoms with van der Waals surface area (Å²) in [5.74, 6) is -1.19. The third kappa shape index (κ3) is 7.74. The van der Waals surface area contributed by atoms with Crippen LogP contribution in [0.1, 0.15) is 37.7 Å². The highest BCUT2D eigenvalue weighted by Crippen LogP contribution is 2.10. The highest BCUT2D eigenvalue weighted by atomic mass is 127. The molecule has 0 unspecified atom stereocenters. The predicted molar refractivity (Wildman–Crippen MR) is 94.6 cm³/mol. The Morgan fingerprint density at radius 3 is 2.45 bits per heavy atom. The average Bonchev–Trinajstić information content (AvgIpc) is 2.48. The van der Waals surface area contributed by atoms with E-state index in [1.807, 2.05) is 24.3 Å². The van der Waals surface area contributed by atoms with Crippen LogP contribution in [0.15, 0.2) is 24.3 Å². The standard InChI is InChI=1S/C16H23IN2O3/c17-13-9-7-12(8-10-13)4-3-6-15(20)19-14(16(21)22)5-1-2-11-18/h7-10,14H,1-6,11,18H2,(H,19,20)(H,21,22)/t14-/m0/s1. The first-order valence-corrected chi connectivity index (χ1v) is 8.57. The molecule has 0 heterocycles. The quantitative estimate of drug-likeness (QED) is 0.402. The number of carbonyl (C=O) groups excluding carboxylic acids is 1. The third-order valence-corrected chi connectivity index (χ3v) is 4.08. The van der Waals surface area contributed by atoms with Crippen molar-refractivity contribution in [2.75, 3.05) is 6.54 Å². The largest absolute Gasteiger partial charge is 0.480 e. The Morgan fingerprint density at radius 2 is 1.86 bits per heavy atom. The highest BCUT2D eigenvalue weighted by Gasteiger charge is 2.18. The number of aryl methyl sites for hydroxylation is 1. The summed E-state index contributed by atoms with van der Waals surface area (Å²) in [4.78, 5) is 22.9. The molecule has 0 fully saturated rings. The number of unbranched alkanes of at least 4 members (excludes halogenated alkanes) is 1. The Hall–Kier alpha value is -1.15. The second kappa shape index (κ2) is 10.6. The zero-order chi connectivity index (χ0) is 16.4. The fraction of sp³-hybridized carbons (Fsp3) is 0.500. The van der Waals surface area contributed by atoms with E-state index in [1.165, 1.54) is 9.13 Å². The van der Waals surface area contributed by atoms with Crippen LogP contribution in [0.5, 0.6) is 0 Å². The van der Waals surface area contributed by atoms with E-state index >= 15 is 0 Å². The Labute approximate surface area is 144 Å². The molecule has 1 amide bonds. The molecule has 0 aliphatic rings. The lowest BCUT2D eigenvalue weighted by Crippen LogP contribution is -2.40. The van der Waals surface area contributed by atoms with Crippen molar-refractivity contribution in [1.29, 1.82) is 0 Å². The molecule has 1 atom stereocenters. The summed E-state index contributed by atoms with van der Waals surface area (Å²) >= 11 is 2.25. The Bertz CT molecular complexity index is 477. The molecule has 1 aromatic carbocycles. The number of halogens is 1. The van der Waals surface area contributed by atoms with E-state index in [9.17, 15) is 9.59 Å². The molecule has 0 saturated carbocycles. The number of hydrogen-bond acceptors (Lipinski definition) is 3. The molecule has 5 nitrogen and oxygen atoms in total. The van der Waals surface area contributed by atoms with Crippen LogP contribution in [0.4, 0.5) is 0 Å². The van der Waals surface area contributed by atoms with Crippen molar-refractivity contribution in [3.63, 3.8) is 0 Å². The number of aliphatic carboxylic acids is 1. The summed E-state index contributed by atoms with van der Waals surface area (Å²) in [6.07, 6.45) is 3.77. The lowest BCUT2D eigenvalue weighted by Gasteiger charge is -2.14. The monoisotopic (exact) mass is 418 g/mol. The van der Waals surface area contributed by atoms with Crippen molar-refractivity contribution < 1.29 is 14.7 Å². The van der Waals surface area contributed by atoms with Gasteiger partial charge in [0.15, 0.2) is 0 Å². The third-order valence-electron chi connectivity index (χ3n) is 3.36. The minimum Gasteiger partial charge on any atom is -0.480 e. The van der Waals surface area contributed by atoms with Gasteiger partial charge in [0.1, 0.15) is 6.04 Å². The van der Waals surface area contributed by atoms with Crippen molar-refractivity contribution >= 4 is 34.5 Å². The first-order chi connectivity index (χ1) is 10.5. The molecular weight excluding hydrogens is 395 g/mol. The second-order valence-corrected chi connectivity index (χ2v) is 6.47. The molecular formula is C16H23IN2O3. The zero-order valence-corrected chi connectivity index (χ0v) is 14.7. The number of carbonyl (C=O) groups is 2. The highest BCUT2D eigenvalue weighted by molar-refractivity contribution is 14.1. The molecule has 6 heteroatoms. The van der Waals surface area contributed by atoms with Gasteiger partial charge < -0.3 is 16.2 Å². The molecule has 0 spiro atoms. The summed E-state index contributed by atoms with van der Waals surface area (Å²) in [6.45, 7) is 0.538. The minimum absolute atomic E-state index is 0.203. The van der Waals surface area contributed by atoms with Crippen LogP contribution in [-0.4, -0.2) is 29.6 Å². The maximum atomic E-state index is 11.8. The van der Waals surface area contributed by atoms with Crippen LogP contribution in [0, 0.1) is 3.57 Å². The molecule has 22 heavy (non-hydrogen) atoms. The van der Waals surface area contributed by atoms with Gasteiger partial charge in [-0.25, -0.2) is 4.79 Å². The molecule has 0 saturated heterocycles. The summed E-state index contributed by atoms with van der Waals surface area (Å²) in [5, 5.41) is 11.7. The number of amides is 1. The molecule has 1 rings (SSSR count). The van der Waals surface area contributed by atoms with E-state index in [-0.39, 0.29) is 5.91 Å². The van der Waals surface area contributed by atoms with Gasteiger partial charge in [-0.2, -0.15) is 0 Å². The van der Waals surface area contributed by atoms with Gasteiger partial charge in [-0.05, 0) is 78.9 Å². The number of nitrogens with one attached hydrogen (secondary N) is 1. The van der Waals surface area contributed by atoms with E-state index in [4.69, 9.17) is 10.8 Å². The molecule has 1 aromatic rings. The van der Waals surface area contributed by atoms with Gasteiger partial charge in [0.05, 0.1) is 0 Å². The molecule has 0 aliphatic carbocycles. The minimum atomic E-state index is -0.983. The van der Waals surface area contributed by atoms with Crippen molar-refractivity contribution in [2.24, 2.45) is 5.73 Å². The smallest absolute Gasteiger partial charge is 0.326 e. The fourth-order valence-electron chi connectivity index (χ4n) is 2.12. The molecule has 4 N–H and O–H groups in total. The molecule has 0 aliphatic heterocycles. The van der Waals surface area contributed by atoms with E-state index in [0.717, 1.165) is 12.8 Å². The lowest BCUT2D eigenvalue weighted by molar-refractivity contribution is -0.142. The summed E-state index contributed by atoms with van der Waals surface area (Å²) in [5.41, 5.74) is 6.57. The maximum absolute atomic E-state index is 11.8. The first kappa shape index (κ1) is 18.9. The van der Waals surface area contributed by atoms with Gasteiger partial charge in [-0.3, -0.25) is 4.79 Å². The zero-order valence-electron chi connectivity index (χ0n) is 12.6. The van der Waals surface area contributed by atoms with Crippen molar-refractivity contribution in [2.45, 2.75) is 44.6 Å². The van der Waals surface area contributed by atoms with Crippen LogP contribution in [0.25, 0.3) is 0 Å². The van der Waals surface area contributed by atoms with Crippen molar-refractivity contribution in [1.82, 2.24) is 5.32 Å². The van der Waals surface area contributed by atoms with Crippen LogP contribution < -0.4 is 11.1 Å². The number of carboxylic acids is 1. The lowest BCUT2D eigenvalue weighted by atomic mass is 10.1. The van der Waals surface area contributed by atoms with E-state index in [1.54, 1.807) is 0 Å². The summed E-state index contributed by atoms with van der Waals surface area (Å²) in [7, 11) is 0. The van der Waals surface area contributed by atoms with E-state index in [2.05, 4.69) is 27.9 Å². The van der Waals surface area contributed by atoms with Gasteiger partial charge >= 0.3 is 5.97 Å². The topological polar surface area (TPSA) is 92.4 Å². The fourth-order valence-corrected chi connectivity index (χ4v) is 2.48. The number of nitrogens with two attached hydrogens (primary N) is 1. The van der Waals surface area contributed by atoms with Gasteiger partial charge in [0.2, 0.25) is 5.91 Å². The number of rotatable bonds is 10. The van der Waals surface area contributed by atoms with Gasteiger partial charge in [-0.15, -0.1) is 0 Å². The van der Waals surface area contributed by atoms with E-state index < -0.39 is 12.0 Å². The van der Waals surface area contributed by atoms with E-state index in [0.29, 0.717) is 32.2 Å². The Morgan fingerprint density at radius 1 is 1.18 bits per heavy atom. The SMILES string of the molecule is NCCCC[C@H](NC(=O)CCCc1ccc(I)cc1)C(=O)O. The first-order valence-electron chi connectivity index (χ1n) is 7.49. The predicted octanol–water partition coefficient (Wildman–Crippen LogP) is 2.31. The van der Waals surface area contributed by atoms with Crippen LogP contribution in [0.3, 0.4) is 0 Å². The summed E-state index contributed by atoms with van der Waals surface area (Å²) < 4.78 is 1.18. The van der Waals surface area contributed by atoms with Crippen LogP contribution in [-0.2, 0) is 16.0 Å². The van der Waals surface area contributed by atoms with Crippen molar-refractivity contribution in [3.05, 3.63) is 33.4 Å². The second-order valence-electron chi connectivity index (χ2n) is 5.22. The Balaban J connectivity index is 2.30. The number of benzene rings is 1. The molecule has 0 bridgehead atoms. The van der Waals surface area contributed by atoms with Gasteiger partial charge in [0.25, 0.3) is 0 Å². The average molecular weight is 418 g/mol. The van der Waals surface area contributed by atoms with Crippen LogP contribution >= 0.6 is 22.6 Å². The normalized spacial score (nSPS) is 11.9. The number of hydrogen-bond donors (Lipinski definition) is 3. The Kier molecular flexibility index (Phi) is 9.07. The molecule has 122 valence electrons. The van der Waals surface area contributed by atoms with Gasteiger partial charge in [-0.1, -0.05) is 12.1 Å². The molecule has 0 radical (unpaired) electrons. The maximum Gasteiger partial charge on any atom is 0.326 e. The summed E-state index contributed by atoms with van der Waals surface area (Å²) in [6, 6.07) is 7.36. The molecule has 0 aromatic heterocycles. The number of carboxylic acid groups (broad SMARTS) is 1.